The van der Waals surface area contributed by atoms with Gasteiger partial charge < -0.3 is 9.47 Å². The monoisotopic (exact) mass is 482 g/mol. The zero-order valence-electron chi connectivity index (χ0n) is 20.5. The Morgan fingerprint density at radius 2 is 1.56 bits per heavy atom. The zero-order chi connectivity index (χ0) is 23.4. The van der Waals surface area contributed by atoms with Crippen LogP contribution in [0.2, 0.25) is 13.1 Å². The van der Waals surface area contributed by atoms with Crippen molar-refractivity contribution >= 4 is 35.9 Å². The highest BCUT2D eigenvalue weighted by atomic mass is 32.1. The molecule has 0 fully saturated rings. The lowest BCUT2D eigenvalue weighted by atomic mass is 9.86. The van der Waals surface area contributed by atoms with Crippen LogP contribution in [-0.4, -0.2) is 21.8 Å². The number of ether oxygens (including phenoxy) is 2. The van der Waals surface area contributed by atoms with E-state index in [9.17, 15) is 0 Å². The summed E-state index contributed by atoms with van der Waals surface area (Å²) in [5, 5.41) is 1.33. The number of hydrogen-bond donors (Lipinski definition) is 0. The fourth-order valence-electron chi connectivity index (χ4n) is 5.01. The van der Waals surface area contributed by atoms with Crippen LogP contribution < -0.4 is 14.7 Å². The van der Waals surface area contributed by atoms with E-state index in [1.54, 1.807) is 7.11 Å². The maximum absolute atomic E-state index is 6.44. The van der Waals surface area contributed by atoms with Crippen molar-refractivity contribution in [1.29, 1.82) is 0 Å². The Bertz CT molecular complexity index is 1130. The molecule has 2 heterocycles. The maximum atomic E-state index is 6.44. The van der Waals surface area contributed by atoms with Gasteiger partial charge in [0.05, 0.1) is 15.2 Å². The average molecular weight is 483 g/mol. The molecule has 1 aliphatic rings. The van der Waals surface area contributed by atoms with Crippen LogP contribution in [0.25, 0.3) is 9.75 Å². The Morgan fingerprint density at radius 3 is 2.03 bits per heavy atom. The van der Waals surface area contributed by atoms with Gasteiger partial charge in [-0.05, 0) is 59.8 Å². The van der Waals surface area contributed by atoms with Crippen molar-refractivity contribution in [3.63, 3.8) is 0 Å². The third-order valence-electron chi connectivity index (χ3n) is 6.46. The molecule has 0 amide bonds. The minimum atomic E-state index is -2.10. The minimum Gasteiger partial charge on any atom is -0.497 e. The number of hydrogen-bond acceptors (Lipinski definition) is 4. The van der Waals surface area contributed by atoms with Gasteiger partial charge in [-0.25, -0.2) is 0 Å². The SMILES string of the molecule is C=CCOc1c(C(C)(C)C)cc(OC)cc1[Si](C)(C)C1c2cc(C)sc2-c2sc(C)cc21. The number of fused-ring (bicyclic) bond motifs is 3. The summed E-state index contributed by atoms with van der Waals surface area (Å²) < 4.78 is 12.2. The van der Waals surface area contributed by atoms with Crippen LogP contribution in [0, 0.1) is 13.8 Å². The van der Waals surface area contributed by atoms with E-state index in [2.05, 4.69) is 78.6 Å². The molecule has 0 aliphatic heterocycles. The van der Waals surface area contributed by atoms with Crippen molar-refractivity contribution in [2.75, 3.05) is 13.7 Å². The number of methoxy groups -OCH3 is 1. The lowest BCUT2D eigenvalue weighted by Gasteiger charge is -2.35. The second-order valence-corrected chi connectivity index (χ2v) is 17.4. The molecule has 32 heavy (non-hydrogen) atoms. The summed E-state index contributed by atoms with van der Waals surface area (Å²) >= 11 is 3.89. The lowest BCUT2D eigenvalue weighted by Crippen LogP contribution is -2.49. The molecular weight excluding hydrogens is 449 g/mol. The Morgan fingerprint density at radius 1 is 1.00 bits per heavy atom. The fourth-order valence-corrected chi connectivity index (χ4v) is 11.1. The van der Waals surface area contributed by atoms with E-state index in [0.29, 0.717) is 12.1 Å². The standard InChI is InChI=1S/C27H34O2S2Si/c1-10-11-29-23-21(27(4,5)6)14-18(28-7)15-22(23)32(8,9)26-19-12-16(2)30-24(19)25-20(26)13-17(3)31-25/h10,12-15,26H,1,11H2,2-9H3. The molecule has 0 N–H and O–H groups in total. The van der Waals surface area contributed by atoms with Gasteiger partial charge in [-0.2, -0.15) is 0 Å². The minimum absolute atomic E-state index is 0.0613. The first-order valence-electron chi connectivity index (χ1n) is 11.2. The second kappa shape index (κ2) is 8.19. The van der Waals surface area contributed by atoms with Crippen molar-refractivity contribution < 1.29 is 9.47 Å². The predicted molar refractivity (Wildman–Crippen MR) is 143 cm³/mol. The molecule has 4 rings (SSSR count). The molecule has 0 saturated carbocycles. The first kappa shape index (κ1) is 23.3. The second-order valence-electron chi connectivity index (χ2n) is 10.3. The van der Waals surface area contributed by atoms with Crippen LogP contribution in [0.3, 0.4) is 0 Å². The Hall–Kier alpha value is -1.82. The molecule has 170 valence electrons. The molecule has 2 aromatic heterocycles. The molecule has 0 atom stereocenters. The average Bonchev–Trinajstić information content (AvgIpc) is 3.33. The van der Waals surface area contributed by atoms with E-state index in [4.69, 9.17) is 9.47 Å². The summed E-state index contributed by atoms with van der Waals surface area (Å²) in [6, 6.07) is 9.25. The normalized spacial score (nSPS) is 13.8. The van der Waals surface area contributed by atoms with E-state index < -0.39 is 8.07 Å². The van der Waals surface area contributed by atoms with Crippen LogP contribution in [0.5, 0.6) is 11.5 Å². The van der Waals surface area contributed by atoms with Crippen LogP contribution in [0.1, 0.15) is 52.8 Å². The van der Waals surface area contributed by atoms with Gasteiger partial charge in [0.25, 0.3) is 0 Å². The Labute approximate surface area is 201 Å². The highest BCUT2D eigenvalue weighted by molar-refractivity contribution is 7.23. The molecule has 0 bridgehead atoms. The van der Waals surface area contributed by atoms with E-state index in [-0.39, 0.29) is 5.41 Å². The van der Waals surface area contributed by atoms with Crippen LogP contribution >= 0.6 is 22.7 Å². The fraction of sp³-hybridized carbons (Fsp3) is 0.407. The molecule has 0 unspecified atom stereocenters. The molecule has 0 spiro atoms. The van der Waals surface area contributed by atoms with Gasteiger partial charge >= 0.3 is 0 Å². The molecule has 3 aromatic rings. The Kier molecular flexibility index (Phi) is 5.97. The van der Waals surface area contributed by atoms with E-state index in [1.165, 1.54) is 41.4 Å². The third kappa shape index (κ3) is 3.78. The lowest BCUT2D eigenvalue weighted by molar-refractivity contribution is 0.351. The molecule has 1 aromatic carbocycles. The predicted octanol–water partition coefficient (Wildman–Crippen LogP) is 7.56. The van der Waals surface area contributed by atoms with E-state index >= 15 is 0 Å². The molecular formula is C27H34O2S2Si. The van der Waals surface area contributed by atoms with Crippen molar-refractivity contribution in [1.82, 2.24) is 0 Å². The van der Waals surface area contributed by atoms with Gasteiger partial charge in [-0.3, -0.25) is 0 Å². The summed E-state index contributed by atoms with van der Waals surface area (Å²) in [4.78, 5) is 5.75. The van der Waals surface area contributed by atoms with Crippen molar-refractivity contribution in [3.05, 3.63) is 63.4 Å². The molecule has 1 aliphatic carbocycles. The maximum Gasteiger partial charge on any atom is 0.123 e. The van der Waals surface area contributed by atoms with Crippen LogP contribution in [0.15, 0.2) is 36.9 Å². The number of aryl methyl sites for hydroxylation is 2. The van der Waals surface area contributed by atoms with Gasteiger partial charge in [0.1, 0.15) is 18.1 Å². The third-order valence-corrected chi connectivity index (χ3v) is 12.6. The Balaban J connectivity index is 1.99. The van der Waals surface area contributed by atoms with Gasteiger partial charge in [0, 0.05) is 30.6 Å². The zero-order valence-corrected chi connectivity index (χ0v) is 23.1. The first-order valence-corrected chi connectivity index (χ1v) is 15.9. The summed E-state index contributed by atoms with van der Waals surface area (Å²) in [5.41, 5.74) is 4.58. The van der Waals surface area contributed by atoms with Crippen molar-refractivity contribution in [2.45, 2.75) is 58.7 Å². The summed E-state index contributed by atoms with van der Waals surface area (Å²) in [6.45, 7) is 20.6. The van der Waals surface area contributed by atoms with Gasteiger partial charge in [0.15, 0.2) is 0 Å². The first-order chi connectivity index (χ1) is 15.0. The highest BCUT2D eigenvalue weighted by Crippen LogP contribution is 2.55. The van der Waals surface area contributed by atoms with Gasteiger partial charge in [-0.15, -0.1) is 22.7 Å². The molecule has 5 heteroatoms. The highest BCUT2D eigenvalue weighted by Gasteiger charge is 2.46. The number of benzene rings is 1. The van der Waals surface area contributed by atoms with E-state index in [0.717, 1.165) is 11.5 Å². The summed E-state index contributed by atoms with van der Waals surface area (Å²) in [7, 11) is -0.336. The summed E-state index contributed by atoms with van der Waals surface area (Å²) in [6.07, 6.45) is 1.84. The molecule has 0 radical (unpaired) electrons. The van der Waals surface area contributed by atoms with Crippen LogP contribution in [-0.2, 0) is 5.41 Å². The van der Waals surface area contributed by atoms with Gasteiger partial charge in [0.2, 0.25) is 0 Å². The largest absolute Gasteiger partial charge is 0.497 e. The number of rotatable bonds is 6. The quantitative estimate of drug-likeness (QED) is 0.266. The van der Waals surface area contributed by atoms with Crippen molar-refractivity contribution in [2.24, 2.45) is 0 Å². The van der Waals surface area contributed by atoms with Crippen molar-refractivity contribution in [3.8, 4) is 21.3 Å². The van der Waals surface area contributed by atoms with Gasteiger partial charge in [-0.1, -0.05) is 46.5 Å². The van der Waals surface area contributed by atoms with Crippen LogP contribution in [0.4, 0.5) is 0 Å². The molecule has 0 saturated heterocycles. The topological polar surface area (TPSA) is 18.5 Å². The van der Waals surface area contributed by atoms with E-state index in [1.807, 2.05) is 28.7 Å². The molecule has 2 nitrogen and oxygen atoms in total. The summed E-state index contributed by atoms with van der Waals surface area (Å²) in [5.74, 6) is 1.95. The number of thiophene rings is 2. The smallest absolute Gasteiger partial charge is 0.123 e.